The zero-order valence-electron chi connectivity index (χ0n) is 14.9. The molecule has 4 N–H and O–H groups in total. The summed E-state index contributed by atoms with van der Waals surface area (Å²) in [6.45, 7) is 1.68. The second-order valence-electron chi connectivity index (χ2n) is 7.27. The molecule has 2 atom stereocenters. The third-order valence-corrected chi connectivity index (χ3v) is 5.72. The Morgan fingerprint density at radius 3 is 2.36 bits per heavy atom. The molecule has 1 heterocycles. The number of nitrogens with two attached hydrogens (primary N) is 1. The average molecular weight is 340 g/mol. The van der Waals surface area contributed by atoms with Crippen molar-refractivity contribution in [3.05, 3.63) is 59.7 Å². The Labute approximate surface area is 149 Å². The molecule has 1 aliphatic heterocycles. The molecule has 0 aromatic heterocycles. The van der Waals surface area contributed by atoms with Crippen molar-refractivity contribution in [2.45, 2.75) is 31.2 Å². The van der Waals surface area contributed by atoms with Gasteiger partial charge in [-0.25, -0.2) is 0 Å². The monoisotopic (exact) mass is 340 g/mol. The lowest BCUT2D eigenvalue weighted by molar-refractivity contribution is 0.118. The van der Waals surface area contributed by atoms with Gasteiger partial charge in [0.1, 0.15) is 11.5 Å². The van der Waals surface area contributed by atoms with Crippen molar-refractivity contribution < 1.29 is 10.2 Å². The molecule has 25 heavy (non-hydrogen) atoms. The molecule has 0 saturated carbocycles. The number of phenolic OH excluding ortho intramolecular Hbond substituents is 2. The summed E-state index contributed by atoms with van der Waals surface area (Å²) < 4.78 is 0. The fourth-order valence-corrected chi connectivity index (χ4v) is 4.45. The Balaban J connectivity index is 1.89. The highest BCUT2D eigenvalue weighted by Crippen LogP contribution is 2.41. The van der Waals surface area contributed by atoms with Crippen molar-refractivity contribution in [1.29, 1.82) is 0 Å². The summed E-state index contributed by atoms with van der Waals surface area (Å²) in [5, 5.41) is 19.6. The molecule has 0 radical (unpaired) electrons. The van der Waals surface area contributed by atoms with E-state index in [4.69, 9.17) is 5.73 Å². The number of likely N-dealkylation sites (N-methyl/N-ethyl adjacent to an activating group) is 1. The first-order valence-electron chi connectivity index (χ1n) is 9.00. The number of hydrogen-bond acceptors (Lipinski definition) is 4. The van der Waals surface area contributed by atoms with Gasteiger partial charge in [-0.05, 0) is 87.1 Å². The Kier molecular flexibility index (Phi) is 5.30. The molecule has 3 rings (SSSR count). The number of aromatic hydroxyl groups is 2. The molecule has 4 heteroatoms. The molecular formula is C21H28N2O2. The van der Waals surface area contributed by atoms with E-state index in [9.17, 15) is 10.2 Å². The maximum absolute atomic E-state index is 9.83. The van der Waals surface area contributed by atoms with E-state index in [-0.39, 0.29) is 5.54 Å². The van der Waals surface area contributed by atoms with Crippen molar-refractivity contribution in [3.63, 3.8) is 0 Å². The zero-order valence-corrected chi connectivity index (χ0v) is 14.9. The van der Waals surface area contributed by atoms with Gasteiger partial charge in [0, 0.05) is 5.54 Å². The number of benzene rings is 2. The van der Waals surface area contributed by atoms with Crippen LogP contribution in [-0.4, -0.2) is 40.8 Å². The summed E-state index contributed by atoms with van der Waals surface area (Å²) in [6, 6.07) is 15.1. The first kappa shape index (κ1) is 17.8. The molecule has 4 nitrogen and oxygen atoms in total. The first-order chi connectivity index (χ1) is 12.0. The summed E-state index contributed by atoms with van der Waals surface area (Å²) in [4.78, 5) is 2.44. The van der Waals surface area contributed by atoms with E-state index in [0.717, 1.165) is 43.4 Å². The Morgan fingerprint density at radius 2 is 1.72 bits per heavy atom. The summed E-state index contributed by atoms with van der Waals surface area (Å²) >= 11 is 0. The van der Waals surface area contributed by atoms with E-state index in [1.165, 1.54) is 0 Å². The Bertz CT molecular complexity index is 719. The van der Waals surface area contributed by atoms with Crippen LogP contribution in [0.5, 0.6) is 11.5 Å². The van der Waals surface area contributed by atoms with E-state index in [2.05, 4.69) is 24.1 Å². The van der Waals surface area contributed by atoms with Crippen molar-refractivity contribution in [3.8, 4) is 11.5 Å². The van der Waals surface area contributed by atoms with Crippen molar-refractivity contribution >= 4 is 0 Å². The fourth-order valence-electron chi connectivity index (χ4n) is 4.45. The van der Waals surface area contributed by atoms with E-state index < -0.39 is 0 Å². The fraction of sp³-hybridized carbons (Fsp3) is 0.429. The first-order valence-corrected chi connectivity index (χ1v) is 9.00. The van der Waals surface area contributed by atoms with Crippen LogP contribution < -0.4 is 5.73 Å². The standard InChI is InChI=1S/C21H28N2O2/c1-23-11-8-18(12-16-4-2-6-19(24)13-16)21(23,9-10-22)15-17-5-3-7-20(25)14-17/h2-7,13-14,18,24-25H,8-12,15,22H2,1H3/t18-,21-/m1/s1. The van der Waals surface area contributed by atoms with Gasteiger partial charge in [0.2, 0.25) is 0 Å². The molecule has 1 fully saturated rings. The third-order valence-electron chi connectivity index (χ3n) is 5.72. The minimum Gasteiger partial charge on any atom is -0.508 e. The maximum Gasteiger partial charge on any atom is 0.115 e. The molecule has 134 valence electrons. The Hall–Kier alpha value is -2.04. The van der Waals surface area contributed by atoms with Gasteiger partial charge >= 0.3 is 0 Å². The van der Waals surface area contributed by atoms with Gasteiger partial charge in [0.25, 0.3) is 0 Å². The average Bonchev–Trinajstić information content (AvgIpc) is 2.85. The van der Waals surface area contributed by atoms with Crippen LogP contribution in [-0.2, 0) is 12.8 Å². The second kappa shape index (κ2) is 7.46. The lowest BCUT2D eigenvalue weighted by Gasteiger charge is -2.41. The van der Waals surface area contributed by atoms with Gasteiger partial charge in [0.05, 0.1) is 0 Å². The number of rotatable bonds is 6. The Morgan fingerprint density at radius 1 is 1.08 bits per heavy atom. The van der Waals surface area contributed by atoms with Gasteiger partial charge in [-0.15, -0.1) is 0 Å². The smallest absolute Gasteiger partial charge is 0.115 e. The third kappa shape index (κ3) is 3.80. The molecule has 1 saturated heterocycles. The van der Waals surface area contributed by atoms with Gasteiger partial charge < -0.3 is 20.8 Å². The lowest BCUT2D eigenvalue weighted by atomic mass is 9.74. The maximum atomic E-state index is 9.83. The minimum absolute atomic E-state index is 0.0198. The zero-order chi connectivity index (χ0) is 17.9. The second-order valence-corrected chi connectivity index (χ2v) is 7.27. The number of phenols is 2. The predicted molar refractivity (Wildman–Crippen MR) is 101 cm³/mol. The number of nitrogens with zero attached hydrogens (tertiary/aromatic N) is 1. The summed E-state index contributed by atoms with van der Waals surface area (Å²) in [7, 11) is 2.18. The molecule has 0 unspecified atom stereocenters. The van der Waals surface area contributed by atoms with Crippen molar-refractivity contribution in [1.82, 2.24) is 4.90 Å². The van der Waals surface area contributed by atoms with E-state index in [0.29, 0.717) is 24.0 Å². The molecule has 0 aliphatic carbocycles. The van der Waals surface area contributed by atoms with Crippen LogP contribution >= 0.6 is 0 Å². The molecule has 0 amide bonds. The van der Waals surface area contributed by atoms with Crippen molar-refractivity contribution in [2.75, 3.05) is 20.1 Å². The van der Waals surface area contributed by atoms with Crippen LogP contribution in [0.1, 0.15) is 24.0 Å². The summed E-state index contributed by atoms with van der Waals surface area (Å²) in [5.74, 6) is 1.09. The molecule has 2 aromatic carbocycles. The van der Waals surface area contributed by atoms with Gasteiger partial charge in [0.15, 0.2) is 0 Å². The molecular weight excluding hydrogens is 312 g/mol. The van der Waals surface area contributed by atoms with Crippen LogP contribution in [0.25, 0.3) is 0 Å². The van der Waals surface area contributed by atoms with Gasteiger partial charge in [-0.3, -0.25) is 0 Å². The molecule has 1 aliphatic rings. The summed E-state index contributed by atoms with van der Waals surface area (Å²) in [6.07, 6.45) is 3.84. The SMILES string of the molecule is CN1CC[C@H](Cc2cccc(O)c2)[C@@]1(CCN)Cc1cccc(O)c1. The molecule has 0 bridgehead atoms. The predicted octanol–water partition coefficient (Wildman–Crippen LogP) is 2.92. The highest BCUT2D eigenvalue weighted by atomic mass is 16.3. The normalized spacial score (nSPS) is 23.8. The van der Waals surface area contributed by atoms with Crippen LogP contribution in [0.2, 0.25) is 0 Å². The molecule has 0 spiro atoms. The van der Waals surface area contributed by atoms with Crippen LogP contribution in [0, 0.1) is 5.92 Å². The highest BCUT2D eigenvalue weighted by molar-refractivity contribution is 5.31. The van der Waals surface area contributed by atoms with Crippen LogP contribution in [0.4, 0.5) is 0 Å². The topological polar surface area (TPSA) is 69.7 Å². The lowest BCUT2D eigenvalue weighted by Crippen LogP contribution is -2.50. The van der Waals surface area contributed by atoms with Crippen LogP contribution in [0.3, 0.4) is 0 Å². The largest absolute Gasteiger partial charge is 0.508 e. The van der Waals surface area contributed by atoms with E-state index >= 15 is 0 Å². The summed E-state index contributed by atoms with van der Waals surface area (Å²) in [5.41, 5.74) is 8.29. The van der Waals surface area contributed by atoms with Gasteiger partial charge in [-0.1, -0.05) is 24.3 Å². The van der Waals surface area contributed by atoms with E-state index in [1.54, 1.807) is 12.1 Å². The highest BCUT2D eigenvalue weighted by Gasteiger charge is 2.45. The van der Waals surface area contributed by atoms with Crippen LogP contribution in [0.15, 0.2) is 48.5 Å². The number of hydrogen-bond donors (Lipinski definition) is 3. The number of likely N-dealkylation sites (tertiary alicyclic amines) is 1. The van der Waals surface area contributed by atoms with E-state index in [1.807, 2.05) is 24.3 Å². The van der Waals surface area contributed by atoms with Crippen molar-refractivity contribution in [2.24, 2.45) is 11.7 Å². The minimum atomic E-state index is -0.0198. The van der Waals surface area contributed by atoms with Gasteiger partial charge in [-0.2, -0.15) is 0 Å². The quantitative estimate of drug-likeness (QED) is 0.756. The molecule has 2 aromatic rings.